The molecule has 1 amide bonds. The zero-order valence-corrected chi connectivity index (χ0v) is 40.8. The SMILES string of the molecule is CCCCC/C=C/C=C/CCCCCCCCC(=O)OC(CCCCCCC/C=C/CCCCCCCC)CC(=O)NC(CO)C(O)CCCCCCCCCCCCCC. The predicted octanol–water partition coefficient (Wildman–Crippen LogP) is 16.1. The molecule has 0 aliphatic heterocycles. The van der Waals surface area contributed by atoms with Gasteiger partial charge in [-0.3, -0.25) is 9.59 Å². The van der Waals surface area contributed by atoms with Crippen molar-refractivity contribution < 1.29 is 24.5 Å². The number of ether oxygens (including phenoxy) is 1. The number of hydrogen-bond acceptors (Lipinski definition) is 5. The van der Waals surface area contributed by atoms with Crippen molar-refractivity contribution in [2.45, 2.75) is 296 Å². The third-order valence-electron chi connectivity index (χ3n) is 12.2. The van der Waals surface area contributed by atoms with Gasteiger partial charge in [0.05, 0.1) is 25.2 Å². The molecule has 6 heteroatoms. The highest BCUT2D eigenvalue weighted by molar-refractivity contribution is 5.77. The average Bonchev–Trinajstić information content (AvgIpc) is 3.25. The number of allylic oxidation sites excluding steroid dienone is 6. The summed E-state index contributed by atoms with van der Waals surface area (Å²) >= 11 is 0. The van der Waals surface area contributed by atoms with E-state index in [-0.39, 0.29) is 24.9 Å². The average molecular weight is 858 g/mol. The Morgan fingerprint density at radius 1 is 0.475 bits per heavy atom. The Labute approximate surface area is 379 Å². The van der Waals surface area contributed by atoms with E-state index in [2.05, 4.69) is 62.5 Å². The molecular weight excluding hydrogens is 755 g/mol. The van der Waals surface area contributed by atoms with Crippen LogP contribution in [0.15, 0.2) is 36.5 Å². The van der Waals surface area contributed by atoms with Crippen LogP contribution < -0.4 is 5.32 Å². The first-order valence-electron chi connectivity index (χ1n) is 26.7. The number of carbonyl (C=O) groups is 2. The Kier molecular flexibility index (Phi) is 47.6. The van der Waals surface area contributed by atoms with Crippen molar-refractivity contribution in [2.75, 3.05) is 6.61 Å². The van der Waals surface area contributed by atoms with Crippen LogP contribution in [0.5, 0.6) is 0 Å². The molecule has 0 spiro atoms. The number of aliphatic hydroxyl groups excluding tert-OH is 2. The minimum absolute atomic E-state index is 0.0695. The molecule has 0 aromatic heterocycles. The van der Waals surface area contributed by atoms with Crippen molar-refractivity contribution in [1.29, 1.82) is 0 Å². The molecule has 0 aromatic carbocycles. The summed E-state index contributed by atoms with van der Waals surface area (Å²) < 4.78 is 5.94. The molecule has 0 radical (unpaired) electrons. The Balaban J connectivity index is 4.60. The normalized spacial score (nSPS) is 13.5. The number of hydrogen-bond donors (Lipinski definition) is 3. The van der Waals surface area contributed by atoms with Crippen LogP contribution in [0.1, 0.15) is 278 Å². The van der Waals surface area contributed by atoms with Gasteiger partial charge in [-0.15, -0.1) is 0 Å². The number of aliphatic hydroxyl groups is 2. The first-order chi connectivity index (χ1) is 30.0. The van der Waals surface area contributed by atoms with Crippen molar-refractivity contribution in [1.82, 2.24) is 5.32 Å². The lowest BCUT2D eigenvalue weighted by molar-refractivity contribution is -0.151. The Bertz CT molecular complexity index is 1010. The standard InChI is InChI=1S/C55H103NO5/c1-4-7-10-13-16-19-22-25-27-29-31-34-37-40-43-46-51(61-55(60)48-45-42-39-36-33-30-28-26-23-20-17-14-11-8-5-2)49-54(59)56-52(50-57)53(58)47-44-41-38-35-32-24-21-18-15-12-9-6-3/h17,20,23,25-27,51-53,57-58H,4-16,18-19,21-22,24,28-50H2,1-3H3,(H,56,59)/b20-17+,26-23+,27-25+. The molecule has 0 saturated heterocycles. The maximum atomic E-state index is 13.2. The van der Waals surface area contributed by atoms with Gasteiger partial charge < -0.3 is 20.3 Å². The van der Waals surface area contributed by atoms with Crippen molar-refractivity contribution >= 4 is 11.9 Å². The molecule has 3 N–H and O–H groups in total. The largest absolute Gasteiger partial charge is 0.462 e. The number of carbonyl (C=O) groups excluding carboxylic acids is 2. The third kappa shape index (κ3) is 44.5. The van der Waals surface area contributed by atoms with Gasteiger partial charge in [0, 0.05) is 6.42 Å². The molecule has 0 saturated carbocycles. The molecule has 0 aromatic rings. The Morgan fingerprint density at radius 2 is 0.836 bits per heavy atom. The molecular formula is C55H103NO5. The van der Waals surface area contributed by atoms with E-state index in [1.807, 2.05) is 0 Å². The van der Waals surface area contributed by atoms with E-state index in [0.717, 1.165) is 70.6 Å². The zero-order valence-electron chi connectivity index (χ0n) is 40.8. The van der Waals surface area contributed by atoms with Gasteiger partial charge in [0.15, 0.2) is 0 Å². The fraction of sp³-hybridized carbons (Fsp3) is 0.855. The number of amides is 1. The molecule has 358 valence electrons. The van der Waals surface area contributed by atoms with Crippen LogP contribution in [-0.4, -0.2) is 46.9 Å². The molecule has 3 unspecified atom stereocenters. The molecule has 0 fully saturated rings. The Morgan fingerprint density at radius 3 is 1.30 bits per heavy atom. The van der Waals surface area contributed by atoms with Gasteiger partial charge >= 0.3 is 5.97 Å². The van der Waals surface area contributed by atoms with Gasteiger partial charge in [-0.25, -0.2) is 0 Å². The molecule has 6 nitrogen and oxygen atoms in total. The third-order valence-corrected chi connectivity index (χ3v) is 12.2. The molecule has 3 atom stereocenters. The lowest BCUT2D eigenvalue weighted by Gasteiger charge is -2.24. The van der Waals surface area contributed by atoms with Crippen molar-refractivity contribution in [3.05, 3.63) is 36.5 Å². The van der Waals surface area contributed by atoms with Crippen molar-refractivity contribution in [3.8, 4) is 0 Å². The van der Waals surface area contributed by atoms with Gasteiger partial charge in [-0.1, -0.05) is 224 Å². The van der Waals surface area contributed by atoms with E-state index < -0.39 is 18.2 Å². The topological polar surface area (TPSA) is 95.9 Å². The molecule has 61 heavy (non-hydrogen) atoms. The highest BCUT2D eigenvalue weighted by atomic mass is 16.5. The highest BCUT2D eigenvalue weighted by Gasteiger charge is 2.24. The van der Waals surface area contributed by atoms with E-state index >= 15 is 0 Å². The minimum Gasteiger partial charge on any atom is -0.462 e. The minimum atomic E-state index is -0.790. The number of unbranched alkanes of at least 4 members (excludes halogenated alkanes) is 31. The summed E-state index contributed by atoms with van der Waals surface area (Å²) in [5.74, 6) is -0.486. The summed E-state index contributed by atoms with van der Waals surface area (Å²) in [6.07, 6.45) is 57.7. The van der Waals surface area contributed by atoms with E-state index in [4.69, 9.17) is 4.74 Å². The number of rotatable bonds is 48. The second-order valence-corrected chi connectivity index (χ2v) is 18.3. The second-order valence-electron chi connectivity index (χ2n) is 18.3. The van der Waals surface area contributed by atoms with E-state index in [9.17, 15) is 19.8 Å². The number of esters is 1. The van der Waals surface area contributed by atoms with Crippen molar-refractivity contribution in [3.63, 3.8) is 0 Å². The summed E-state index contributed by atoms with van der Waals surface area (Å²) in [6.45, 7) is 6.46. The maximum absolute atomic E-state index is 13.2. The quantitative estimate of drug-likeness (QED) is 0.0245. The lowest BCUT2D eigenvalue weighted by atomic mass is 10.0. The summed E-state index contributed by atoms with van der Waals surface area (Å²) in [4.78, 5) is 26.2. The van der Waals surface area contributed by atoms with Gasteiger partial charge in [-0.05, 0) is 77.0 Å². The van der Waals surface area contributed by atoms with Gasteiger partial charge in [0.1, 0.15) is 6.10 Å². The Hall–Kier alpha value is -1.92. The zero-order chi connectivity index (χ0) is 44.5. The fourth-order valence-corrected chi connectivity index (χ4v) is 8.12. The number of nitrogens with one attached hydrogen (secondary N) is 1. The van der Waals surface area contributed by atoms with Crippen LogP contribution in [0.4, 0.5) is 0 Å². The second kappa shape index (κ2) is 49.1. The molecule has 0 aliphatic carbocycles. The highest BCUT2D eigenvalue weighted by Crippen LogP contribution is 2.18. The molecule has 0 rings (SSSR count). The monoisotopic (exact) mass is 858 g/mol. The van der Waals surface area contributed by atoms with Gasteiger partial charge in [-0.2, -0.15) is 0 Å². The van der Waals surface area contributed by atoms with Crippen LogP contribution in [0, 0.1) is 0 Å². The van der Waals surface area contributed by atoms with Gasteiger partial charge in [0.25, 0.3) is 0 Å². The molecule has 0 heterocycles. The summed E-state index contributed by atoms with van der Waals surface area (Å²) in [7, 11) is 0. The van der Waals surface area contributed by atoms with E-state index in [0.29, 0.717) is 19.3 Å². The molecule has 0 bridgehead atoms. The van der Waals surface area contributed by atoms with Crippen molar-refractivity contribution in [2.24, 2.45) is 0 Å². The van der Waals surface area contributed by atoms with Crippen LogP contribution in [0.3, 0.4) is 0 Å². The summed E-state index contributed by atoms with van der Waals surface area (Å²) in [5.41, 5.74) is 0. The lowest BCUT2D eigenvalue weighted by Crippen LogP contribution is -2.46. The maximum Gasteiger partial charge on any atom is 0.306 e. The van der Waals surface area contributed by atoms with Crippen LogP contribution in [0.2, 0.25) is 0 Å². The summed E-state index contributed by atoms with van der Waals surface area (Å²) in [6, 6.07) is -0.704. The van der Waals surface area contributed by atoms with E-state index in [1.165, 1.54) is 161 Å². The van der Waals surface area contributed by atoms with Crippen LogP contribution in [-0.2, 0) is 14.3 Å². The molecule has 0 aliphatic rings. The van der Waals surface area contributed by atoms with Crippen LogP contribution in [0.25, 0.3) is 0 Å². The van der Waals surface area contributed by atoms with E-state index in [1.54, 1.807) is 0 Å². The smallest absolute Gasteiger partial charge is 0.306 e. The fourth-order valence-electron chi connectivity index (χ4n) is 8.12. The van der Waals surface area contributed by atoms with Crippen LogP contribution >= 0.6 is 0 Å². The summed E-state index contributed by atoms with van der Waals surface area (Å²) in [5, 5.41) is 23.8. The van der Waals surface area contributed by atoms with Gasteiger partial charge in [0.2, 0.25) is 5.91 Å². The predicted molar refractivity (Wildman–Crippen MR) is 264 cm³/mol. The first-order valence-corrected chi connectivity index (χ1v) is 26.7. The first kappa shape index (κ1) is 59.1.